The molecule has 2 fully saturated rings. The fraction of sp³-hybridized carbons (Fsp3) is 0.435. The fourth-order valence-electron chi connectivity index (χ4n) is 4.87. The molecule has 4 unspecified atom stereocenters. The molecule has 6 rings (SSSR count). The molecule has 2 N–H and O–H groups in total. The molecule has 0 spiro atoms. The zero-order valence-corrected chi connectivity index (χ0v) is 15.9. The average molecular weight is 375 g/mol. The summed E-state index contributed by atoms with van der Waals surface area (Å²) in [6.07, 6.45) is 11.1. The van der Waals surface area contributed by atoms with Crippen molar-refractivity contribution in [1.82, 2.24) is 15.6 Å². The van der Waals surface area contributed by atoms with Gasteiger partial charge in [0.05, 0.1) is 23.3 Å². The maximum absolute atomic E-state index is 6.32. The summed E-state index contributed by atoms with van der Waals surface area (Å²) in [6.45, 7) is 0. The standard InChI is InChI=1S/C23H25N3O2/c1-2-8-16-14(7-1)15(22-25-17-9-3-5-11-20(17)27-22)13-19(24-16)23-26-18-10-4-6-12-21(18)28-23/h1-2,7-8,11-13,17-18,22-23,25-26H,3-6,9-10H2. The highest BCUT2D eigenvalue weighted by atomic mass is 16.5. The van der Waals surface area contributed by atoms with Crippen LogP contribution in [0.25, 0.3) is 10.9 Å². The van der Waals surface area contributed by atoms with Crippen molar-refractivity contribution in [3.8, 4) is 0 Å². The third-order valence-corrected chi connectivity index (χ3v) is 6.30. The van der Waals surface area contributed by atoms with Crippen LogP contribution in [0.2, 0.25) is 0 Å². The van der Waals surface area contributed by atoms with Gasteiger partial charge in [-0.2, -0.15) is 0 Å². The van der Waals surface area contributed by atoms with E-state index >= 15 is 0 Å². The molecule has 144 valence electrons. The number of pyridine rings is 1. The lowest BCUT2D eigenvalue weighted by Crippen LogP contribution is -2.28. The largest absolute Gasteiger partial charge is 0.474 e. The van der Waals surface area contributed by atoms with Gasteiger partial charge in [-0.15, -0.1) is 0 Å². The van der Waals surface area contributed by atoms with Crippen molar-refractivity contribution in [3.63, 3.8) is 0 Å². The SMILES string of the molecule is C1=C2OC(c3cc(C4NC5CCCC=C5O4)c4ccccc4n3)NC2CCC1. The Balaban J connectivity index is 1.39. The quantitative estimate of drug-likeness (QED) is 0.818. The van der Waals surface area contributed by atoms with E-state index in [-0.39, 0.29) is 12.5 Å². The van der Waals surface area contributed by atoms with E-state index in [1.807, 2.05) is 6.07 Å². The van der Waals surface area contributed by atoms with E-state index in [1.54, 1.807) is 0 Å². The molecule has 4 aliphatic rings. The number of ether oxygens (including phenoxy) is 2. The first-order valence-corrected chi connectivity index (χ1v) is 10.5. The summed E-state index contributed by atoms with van der Waals surface area (Å²) >= 11 is 0. The molecule has 3 heterocycles. The van der Waals surface area contributed by atoms with E-state index in [2.05, 4.69) is 47.1 Å². The molecule has 0 saturated carbocycles. The minimum Gasteiger partial charge on any atom is -0.474 e. The van der Waals surface area contributed by atoms with Crippen LogP contribution in [-0.4, -0.2) is 17.1 Å². The third kappa shape index (κ3) is 2.73. The number of aromatic nitrogens is 1. The van der Waals surface area contributed by atoms with Crippen LogP contribution in [-0.2, 0) is 9.47 Å². The van der Waals surface area contributed by atoms with Crippen molar-refractivity contribution in [2.75, 3.05) is 0 Å². The number of rotatable bonds is 2. The van der Waals surface area contributed by atoms with E-state index in [9.17, 15) is 0 Å². The second kappa shape index (κ2) is 6.61. The summed E-state index contributed by atoms with van der Waals surface area (Å²) < 4.78 is 12.5. The minimum atomic E-state index is -0.194. The number of nitrogens with one attached hydrogen (secondary N) is 2. The average Bonchev–Trinajstić information content (AvgIpc) is 3.37. The number of fused-ring (bicyclic) bond motifs is 3. The third-order valence-electron chi connectivity index (χ3n) is 6.30. The zero-order valence-electron chi connectivity index (χ0n) is 15.9. The molecule has 28 heavy (non-hydrogen) atoms. The summed E-state index contributed by atoms with van der Waals surface area (Å²) in [6, 6.07) is 11.1. The van der Waals surface area contributed by atoms with Crippen LogP contribution in [0.4, 0.5) is 0 Å². The van der Waals surface area contributed by atoms with Crippen LogP contribution >= 0.6 is 0 Å². The first kappa shape index (κ1) is 16.6. The molecular formula is C23H25N3O2. The Hall–Kier alpha value is -2.37. The van der Waals surface area contributed by atoms with Gasteiger partial charge in [0, 0.05) is 10.9 Å². The van der Waals surface area contributed by atoms with Gasteiger partial charge in [0.25, 0.3) is 0 Å². The molecule has 0 amide bonds. The maximum Gasteiger partial charge on any atom is 0.193 e. The Labute approximate surface area is 164 Å². The first-order valence-electron chi connectivity index (χ1n) is 10.5. The molecule has 4 atom stereocenters. The summed E-state index contributed by atoms with van der Waals surface area (Å²) in [5, 5.41) is 8.43. The summed E-state index contributed by atoms with van der Waals surface area (Å²) in [7, 11) is 0. The topological polar surface area (TPSA) is 55.4 Å². The second-order valence-electron chi connectivity index (χ2n) is 8.16. The van der Waals surface area contributed by atoms with Gasteiger partial charge >= 0.3 is 0 Å². The van der Waals surface area contributed by atoms with Gasteiger partial charge in [0.1, 0.15) is 11.5 Å². The Kier molecular flexibility index (Phi) is 3.91. The van der Waals surface area contributed by atoms with Crippen molar-refractivity contribution in [1.29, 1.82) is 0 Å². The predicted molar refractivity (Wildman–Crippen MR) is 107 cm³/mol. The summed E-state index contributed by atoms with van der Waals surface area (Å²) in [4.78, 5) is 4.93. The number of hydrogen-bond acceptors (Lipinski definition) is 5. The van der Waals surface area contributed by atoms with Gasteiger partial charge in [-0.25, -0.2) is 4.98 Å². The van der Waals surface area contributed by atoms with Crippen molar-refractivity contribution >= 4 is 10.9 Å². The number of nitrogens with zero attached hydrogens (tertiary/aromatic N) is 1. The highest BCUT2D eigenvalue weighted by Gasteiger charge is 2.36. The molecule has 5 heteroatoms. The molecule has 5 nitrogen and oxygen atoms in total. The van der Waals surface area contributed by atoms with Crippen LogP contribution in [0.15, 0.2) is 54.0 Å². The van der Waals surface area contributed by atoms with E-state index in [0.29, 0.717) is 12.1 Å². The highest BCUT2D eigenvalue weighted by Crippen LogP contribution is 2.38. The number of allylic oxidation sites excluding steroid dienone is 2. The maximum atomic E-state index is 6.32. The Bertz CT molecular complexity index is 983. The molecule has 0 radical (unpaired) electrons. The van der Waals surface area contributed by atoms with Crippen molar-refractivity contribution < 1.29 is 9.47 Å². The van der Waals surface area contributed by atoms with E-state index < -0.39 is 0 Å². The van der Waals surface area contributed by atoms with Crippen LogP contribution in [0.5, 0.6) is 0 Å². The van der Waals surface area contributed by atoms with Gasteiger partial charge in [-0.3, -0.25) is 10.6 Å². The fourth-order valence-corrected chi connectivity index (χ4v) is 4.87. The summed E-state index contributed by atoms with van der Waals surface area (Å²) in [5.41, 5.74) is 3.06. The Morgan fingerprint density at radius 2 is 1.54 bits per heavy atom. The van der Waals surface area contributed by atoms with Gasteiger partial charge in [0.15, 0.2) is 12.5 Å². The van der Waals surface area contributed by atoms with Gasteiger partial charge in [-0.1, -0.05) is 18.2 Å². The first-order chi connectivity index (χ1) is 13.8. The lowest BCUT2D eigenvalue weighted by atomic mass is 10.0. The monoisotopic (exact) mass is 375 g/mol. The van der Waals surface area contributed by atoms with Crippen molar-refractivity contribution in [2.24, 2.45) is 0 Å². The normalized spacial score (nSPS) is 31.4. The molecule has 1 aromatic heterocycles. The Morgan fingerprint density at radius 3 is 2.29 bits per heavy atom. The van der Waals surface area contributed by atoms with Crippen LogP contribution in [0.3, 0.4) is 0 Å². The Morgan fingerprint density at radius 1 is 0.857 bits per heavy atom. The van der Waals surface area contributed by atoms with Crippen LogP contribution < -0.4 is 10.6 Å². The van der Waals surface area contributed by atoms with Crippen LogP contribution in [0, 0.1) is 0 Å². The predicted octanol–water partition coefficient (Wildman–Crippen LogP) is 4.34. The van der Waals surface area contributed by atoms with Gasteiger partial charge < -0.3 is 9.47 Å². The molecule has 2 aromatic rings. The van der Waals surface area contributed by atoms with Crippen LogP contribution in [0.1, 0.15) is 62.2 Å². The molecule has 0 bridgehead atoms. The lowest BCUT2D eigenvalue weighted by molar-refractivity contribution is 0.139. The van der Waals surface area contributed by atoms with Gasteiger partial charge in [-0.05, 0) is 62.8 Å². The zero-order chi connectivity index (χ0) is 18.5. The van der Waals surface area contributed by atoms with Gasteiger partial charge in [0.2, 0.25) is 0 Å². The van der Waals surface area contributed by atoms with E-state index in [4.69, 9.17) is 14.5 Å². The lowest BCUT2D eigenvalue weighted by Gasteiger charge is -2.18. The molecule has 1 aromatic carbocycles. The van der Waals surface area contributed by atoms with E-state index in [0.717, 1.165) is 59.4 Å². The molecule has 2 aliphatic heterocycles. The molecule has 2 saturated heterocycles. The number of hydrogen-bond donors (Lipinski definition) is 2. The smallest absolute Gasteiger partial charge is 0.193 e. The summed E-state index contributed by atoms with van der Waals surface area (Å²) in [5.74, 6) is 2.18. The van der Waals surface area contributed by atoms with Crippen molar-refractivity contribution in [2.45, 2.75) is 63.1 Å². The second-order valence-corrected chi connectivity index (χ2v) is 8.16. The van der Waals surface area contributed by atoms with Crippen molar-refractivity contribution in [3.05, 3.63) is 65.3 Å². The number of benzene rings is 1. The minimum absolute atomic E-state index is 0.135. The molecular weight excluding hydrogens is 350 g/mol. The van der Waals surface area contributed by atoms with E-state index in [1.165, 1.54) is 12.8 Å². The molecule has 2 aliphatic carbocycles. The highest BCUT2D eigenvalue weighted by molar-refractivity contribution is 5.83. The number of para-hydroxylation sites is 1.